The van der Waals surface area contributed by atoms with E-state index in [1.807, 2.05) is 0 Å². The van der Waals surface area contributed by atoms with Gasteiger partial charge in [0.15, 0.2) is 0 Å². The number of carboxylic acid groups (broad SMARTS) is 1. The van der Waals surface area contributed by atoms with Crippen LogP contribution in [0.1, 0.15) is 23.2 Å². The quantitative estimate of drug-likeness (QED) is 0.872. The van der Waals surface area contributed by atoms with E-state index in [1.165, 1.54) is 24.3 Å². The number of carbonyl (C=O) groups is 1. The molecule has 0 spiro atoms. The molecule has 0 radical (unpaired) electrons. The van der Waals surface area contributed by atoms with E-state index in [-0.39, 0.29) is 11.3 Å². The average Bonchev–Trinajstić information content (AvgIpc) is 2.35. The van der Waals surface area contributed by atoms with Gasteiger partial charge in [-0.05, 0) is 18.6 Å². The van der Waals surface area contributed by atoms with Crippen LogP contribution in [-0.4, -0.2) is 38.5 Å². The van der Waals surface area contributed by atoms with Gasteiger partial charge in [0.1, 0.15) is 0 Å². The van der Waals surface area contributed by atoms with Crippen molar-refractivity contribution in [3.8, 4) is 0 Å². The Kier molecular flexibility index (Phi) is 5.21. The van der Waals surface area contributed by atoms with E-state index in [2.05, 4.69) is 0 Å². The van der Waals surface area contributed by atoms with Gasteiger partial charge in [0.25, 0.3) is 0 Å². The van der Waals surface area contributed by atoms with E-state index in [0.717, 1.165) is 7.05 Å². The lowest BCUT2D eigenvalue weighted by Crippen LogP contribution is -2.30. The molecule has 0 amide bonds. The second kappa shape index (κ2) is 6.33. The highest BCUT2D eigenvalue weighted by Crippen LogP contribution is 2.25. The molecule has 0 aliphatic rings. The highest BCUT2D eigenvalue weighted by molar-refractivity contribution is 7.92. The molecular weight excluding hydrogens is 311 g/mol. The summed E-state index contributed by atoms with van der Waals surface area (Å²) in [7, 11) is -2.91. The number of anilines is 1. The summed E-state index contributed by atoms with van der Waals surface area (Å²) in [6.07, 6.45) is -6.21. The van der Waals surface area contributed by atoms with Crippen molar-refractivity contribution in [3.05, 3.63) is 29.8 Å². The number of hydrogen-bond donors (Lipinski definition) is 1. The standard InChI is InChI=1S/C12H14F3NO4S/c1-16(10-6-3-2-5-9(10)11(17)18)21(19,20)8-4-7-12(13,14)15/h2-3,5-6H,4,7-8H2,1H3,(H,17,18). The molecule has 1 aromatic rings. The average molecular weight is 325 g/mol. The first-order valence-corrected chi connectivity index (χ1v) is 7.51. The van der Waals surface area contributed by atoms with Crippen molar-refractivity contribution in [2.75, 3.05) is 17.1 Å². The van der Waals surface area contributed by atoms with Crippen molar-refractivity contribution in [2.24, 2.45) is 0 Å². The van der Waals surface area contributed by atoms with Crippen LogP contribution in [0.4, 0.5) is 18.9 Å². The summed E-state index contributed by atoms with van der Waals surface area (Å²) >= 11 is 0. The minimum atomic E-state index is -4.42. The minimum absolute atomic E-state index is 0.0861. The molecule has 1 rings (SSSR count). The highest BCUT2D eigenvalue weighted by Gasteiger charge is 2.29. The molecule has 0 aliphatic heterocycles. The lowest BCUT2D eigenvalue weighted by molar-refractivity contribution is -0.134. The van der Waals surface area contributed by atoms with Gasteiger partial charge in [0, 0.05) is 13.5 Å². The molecular formula is C12H14F3NO4S. The van der Waals surface area contributed by atoms with Crippen LogP contribution >= 0.6 is 0 Å². The number of sulfonamides is 1. The van der Waals surface area contributed by atoms with E-state index >= 15 is 0 Å². The SMILES string of the molecule is CN(c1ccccc1C(=O)O)S(=O)(=O)CCCC(F)(F)F. The van der Waals surface area contributed by atoms with Crippen LogP contribution in [-0.2, 0) is 10.0 Å². The van der Waals surface area contributed by atoms with Gasteiger partial charge in [-0.15, -0.1) is 0 Å². The smallest absolute Gasteiger partial charge is 0.389 e. The Bertz CT molecular complexity index is 613. The fourth-order valence-corrected chi connectivity index (χ4v) is 2.91. The second-order valence-corrected chi connectivity index (χ2v) is 6.44. The van der Waals surface area contributed by atoms with Crippen molar-refractivity contribution in [1.29, 1.82) is 0 Å². The number of benzene rings is 1. The van der Waals surface area contributed by atoms with E-state index in [0.29, 0.717) is 4.31 Å². The molecule has 118 valence electrons. The molecule has 0 saturated carbocycles. The molecule has 0 atom stereocenters. The Morgan fingerprint density at radius 2 is 1.86 bits per heavy atom. The van der Waals surface area contributed by atoms with Gasteiger partial charge >= 0.3 is 12.1 Å². The third kappa shape index (κ3) is 4.92. The van der Waals surface area contributed by atoms with Crippen LogP contribution in [0.5, 0.6) is 0 Å². The maximum Gasteiger partial charge on any atom is 0.389 e. The van der Waals surface area contributed by atoms with Gasteiger partial charge in [0.2, 0.25) is 10.0 Å². The maximum absolute atomic E-state index is 12.0. The van der Waals surface area contributed by atoms with Gasteiger partial charge in [0.05, 0.1) is 17.0 Å². The highest BCUT2D eigenvalue weighted by atomic mass is 32.2. The molecule has 21 heavy (non-hydrogen) atoms. The van der Waals surface area contributed by atoms with Crippen molar-refractivity contribution in [3.63, 3.8) is 0 Å². The first-order valence-electron chi connectivity index (χ1n) is 5.90. The number of nitrogens with zero attached hydrogens (tertiary/aromatic N) is 1. The first kappa shape index (κ1) is 17.3. The molecule has 1 aromatic carbocycles. The Labute approximate surface area is 120 Å². The number of hydrogen-bond acceptors (Lipinski definition) is 3. The molecule has 0 aliphatic carbocycles. The van der Waals surface area contributed by atoms with Gasteiger partial charge in [-0.3, -0.25) is 4.31 Å². The van der Waals surface area contributed by atoms with Crippen molar-refractivity contribution in [2.45, 2.75) is 19.0 Å². The number of aromatic carboxylic acids is 1. The van der Waals surface area contributed by atoms with Gasteiger partial charge < -0.3 is 5.11 Å². The zero-order chi connectivity index (χ0) is 16.3. The molecule has 5 nitrogen and oxygen atoms in total. The number of alkyl halides is 3. The summed E-state index contributed by atoms with van der Waals surface area (Å²) in [4.78, 5) is 11.0. The monoisotopic (exact) mass is 325 g/mol. The zero-order valence-electron chi connectivity index (χ0n) is 11.1. The Morgan fingerprint density at radius 1 is 1.29 bits per heavy atom. The van der Waals surface area contributed by atoms with Gasteiger partial charge in [-0.25, -0.2) is 13.2 Å². The van der Waals surface area contributed by atoms with Crippen molar-refractivity contribution in [1.82, 2.24) is 0 Å². The minimum Gasteiger partial charge on any atom is -0.478 e. The molecule has 9 heteroatoms. The van der Waals surface area contributed by atoms with E-state index in [1.54, 1.807) is 0 Å². The first-order chi connectivity index (χ1) is 9.54. The lowest BCUT2D eigenvalue weighted by atomic mass is 10.2. The molecule has 0 aromatic heterocycles. The normalized spacial score (nSPS) is 12.2. The summed E-state index contributed by atoms with van der Waals surface area (Å²) in [5.74, 6) is -2.03. The lowest BCUT2D eigenvalue weighted by Gasteiger charge is -2.21. The van der Waals surface area contributed by atoms with Crippen LogP contribution in [0.15, 0.2) is 24.3 Å². The zero-order valence-corrected chi connectivity index (χ0v) is 11.9. The number of halogens is 3. The summed E-state index contributed by atoms with van der Waals surface area (Å²) < 4.78 is 60.7. The van der Waals surface area contributed by atoms with Crippen LogP contribution in [0.25, 0.3) is 0 Å². The largest absolute Gasteiger partial charge is 0.478 e. The van der Waals surface area contributed by atoms with Crippen LogP contribution in [0.2, 0.25) is 0 Å². The molecule has 0 fully saturated rings. The Balaban J connectivity index is 2.92. The number of para-hydroxylation sites is 1. The second-order valence-electron chi connectivity index (χ2n) is 4.32. The Hall–Kier alpha value is -1.77. The predicted octanol–water partition coefficient (Wildman–Crippen LogP) is 2.49. The Morgan fingerprint density at radius 3 is 2.38 bits per heavy atom. The summed E-state index contributed by atoms with van der Waals surface area (Å²) in [5, 5.41) is 8.99. The summed E-state index contributed by atoms with van der Waals surface area (Å²) in [5.41, 5.74) is -0.323. The fraction of sp³-hybridized carbons (Fsp3) is 0.417. The molecule has 0 unspecified atom stereocenters. The maximum atomic E-state index is 12.0. The van der Waals surface area contributed by atoms with E-state index < -0.39 is 40.8 Å². The van der Waals surface area contributed by atoms with Crippen LogP contribution in [0.3, 0.4) is 0 Å². The molecule has 1 N–H and O–H groups in total. The van der Waals surface area contributed by atoms with Crippen molar-refractivity contribution < 1.29 is 31.5 Å². The predicted molar refractivity (Wildman–Crippen MR) is 70.9 cm³/mol. The number of rotatable bonds is 6. The summed E-state index contributed by atoms with van der Waals surface area (Å²) in [6.45, 7) is 0. The molecule has 0 heterocycles. The molecule has 0 saturated heterocycles. The van der Waals surface area contributed by atoms with Crippen LogP contribution < -0.4 is 4.31 Å². The number of carboxylic acids is 1. The topological polar surface area (TPSA) is 74.7 Å². The third-order valence-electron chi connectivity index (χ3n) is 2.75. The molecule has 0 bridgehead atoms. The fourth-order valence-electron chi connectivity index (χ4n) is 1.67. The van der Waals surface area contributed by atoms with E-state index in [9.17, 15) is 26.4 Å². The van der Waals surface area contributed by atoms with Gasteiger partial charge in [-0.2, -0.15) is 13.2 Å². The van der Waals surface area contributed by atoms with E-state index in [4.69, 9.17) is 5.11 Å². The third-order valence-corrected chi connectivity index (χ3v) is 4.59. The van der Waals surface area contributed by atoms with Crippen LogP contribution in [0, 0.1) is 0 Å². The summed E-state index contributed by atoms with van der Waals surface area (Å²) in [6, 6.07) is 5.38. The van der Waals surface area contributed by atoms with Crippen molar-refractivity contribution >= 4 is 21.7 Å². The van der Waals surface area contributed by atoms with Gasteiger partial charge in [-0.1, -0.05) is 12.1 Å².